The van der Waals surface area contributed by atoms with Gasteiger partial charge in [-0.15, -0.1) is 0 Å². The molecular weight excluding hydrogens is 323 g/mol. The lowest BCUT2D eigenvalue weighted by Crippen LogP contribution is -2.33. The molecule has 1 heterocycles. The van der Waals surface area contributed by atoms with Crippen LogP contribution in [0.15, 0.2) is 47.4 Å². The van der Waals surface area contributed by atoms with Crippen LogP contribution < -0.4 is 15.6 Å². The maximum Gasteiger partial charge on any atom is 0.250 e. The number of hydrogen-bond donors (Lipinski definition) is 1. The van der Waals surface area contributed by atoms with Gasteiger partial charge in [0.2, 0.25) is 5.91 Å². The van der Waals surface area contributed by atoms with Gasteiger partial charge in [-0.2, -0.15) is 0 Å². The molecule has 1 amide bonds. The van der Waals surface area contributed by atoms with Crippen molar-refractivity contribution in [2.24, 2.45) is 5.92 Å². The van der Waals surface area contributed by atoms with Gasteiger partial charge in [0.05, 0.1) is 12.6 Å². The maximum atomic E-state index is 14.1. The third-order valence-electron chi connectivity index (χ3n) is 4.22. The number of halogens is 1. The minimum atomic E-state index is -0.432. The topological polar surface area (TPSA) is 60.3 Å². The molecule has 1 saturated carbocycles. The van der Waals surface area contributed by atoms with Crippen LogP contribution in [0.3, 0.4) is 0 Å². The zero-order valence-electron chi connectivity index (χ0n) is 14.1. The van der Waals surface area contributed by atoms with Crippen molar-refractivity contribution in [3.8, 4) is 5.75 Å². The fraction of sp³-hybridized carbons (Fsp3) is 0.368. The summed E-state index contributed by atoms with van der Waals surface area (Å²) in [6, 6.07) is 9.04. The van der Waals surface area contributed by atoms with E-state index in [2.05, 4.69) is 5.32 Å². The largest absolute Gasteiger partial charge is 0.490 e. The van der Waals surface area contributed by atoms with Crippen LogP contribution in [0, 0.1) is 11.7 Å². The molecule has 1 atom stereocenters. The highest BCUT2D eigenvalue weighted by molar-refractivity contribution is 5.76. The third-order valence-corrected chi connectivity index (χ3v) is 4.22. The minimum Gasteiger partial charge on any atom is -0.490 e. The van der Waals surface area contributed by atoms with Crippen molar-refractivity contribution in [3.63, 3.8) is 0 Å². The second kappa shape index (κ2) is 7.51. The SMILES string of the molecule is C[C@@H](NC(=O)Cn1ccccc1=O)c1ccc(OCC2CC2)c(F)c1. The quantitative estimate of drug-likeness (QED) is 0.840. The van der Waals surface area contributed by atoms with Crippen LogP contribution in [-0.4, -0.2) is 17.1 Å². The number of ether oxygens (including phenoxy) is 1. The van der Waals surface area contributed by atoms with Gasteiger partial charge >= 0.3 is 0 Å². The van der Waals surface area contributed by atoms with Gasteiger partial charge in [-0.1, -0.05) is 12.1 Å². The standard InChI is InChI=1S/C19H21FN2O3/c1-13(21-18(23)11-22-9-3-2-4-19(22)24)15-7-8-17(16(20)10-15)25-12-14-5-6-14/h2-4,7-10,13-14H,5-6,11-12H2,1H3,(H,21,23)/t13-/m1/s1. The van der Waals surface area contributed by atoms with Crippen LogP contribution in [0.4, 0.5) is 4.39 Å². The first kappa shape index (κ1) is 17.2. The second-order valence-electron chi connectivity index (χ2n) is 6.40. The normalized spacial score (nSPS) is 14.8. The van der Waals surface area contributed by atoms with E-state index < -0.39 is 5.82 Å². The molecule has 1 fully saturated rings. The van der Waals surface area contributed by atoms with E-state index in [0.717, 1.165) is 12.8 Å². The molecule has 25 heavy (non-hydrogen) atoms. The molecule has 6 heteroatoms. The number of nitrogens with one attached hydrogen (secondary N) is 1. The van der Waals surface area contributed by atoms with E-state index in [1.807, 2.05) is 0 Å². The molecule has 0 spiro atoms. The van der Waals surface area contributed by atoms with Gasteiger partial charge in [0.15, 0.2) is 11.6 Å². The lowest BCUT2D eigenvalue weighted by Gasteiger charge is -2.16. The average molecular weight is 344 g/mol. The van der Waals surface area contributed by atoms with E-state index in [1.165, 1.54) is 16.7 Å². The fourth-order valence-corrected chi connectivity index (χ4v) is 2.51. The molecule has 0 aliphatic heterocycles. The smallest absolute Gasteiger partial charge is 0.250 e. The Morgan fingerprint density at radius 3 is 2.84 bits per heavy atom. The van der Waals surface area contributed by atoms with Gasteiger partial charge in [-0.3, -0.25) is 9.59 Å². The van der Waals surface area contributed by atoms with E-state index in [0.29, 0.717) is 18.1 Å². The summed E-state index contributed by atoms with van der Waals surface area (Å²) in [4.78, 5) is 23.7. The molecule has 0 unspecified atom stereocenters. The molecule has 1 N–H and O–H groups in total. The Morgan fingerprint density at radius 2 is 2.16 bits per heavy atom. The summed E-state index contributed by atoms with van der Waals surface area (Å²) in [5.74, 6) is 0.0532. The van der Waals surface area contributed by atoms with E-state index >= 15 is 0 Å². The first-order chi connectivity index (χ1) is 12.0. The molecule has 0 saturated heterocycles. The predicted octanol–water partition coefficient (Wildman–Crippen LogP) is 2.65. The van der Waals surface area contributed by atoms with E-state index in [4.69, 9.17) is 4.74 Å². The number of pyridine rings is 1. The molecule has 0 radical (unpaired) electrons. The summed E-state index contributed by atoms with van der Waals surface area (Å²) in [7, 11) is 0. The summed E-state index contributed by atoms with van der Waals surface area (Å²) in [5.41, 5.74) is 0.401. The average Bonchev–Trinajstić information content (AvgIpc) is 3.40. The summed E-state index contributed by atoms with van der Waals surface area (Å²) < 4.78 is 20.9. The number of aromatic nitrogens is 1. The molecule has 5 nitrogen and oxygen atoms in total. The van der Waals surface area contributed by atoms with E-state index in [9.17, 15) is 14.0 Å². The Hall–Kier alpha value is -2.63. The van der Waals surface area contributed by atoms with Crippen molar-refractivity contribution >= 4 is 5.91 Å². The van der Waals surface area contributed by atoms with Crippen LogP contribution in [0.1, 0.15) is 31.4 Å². The highest BCUT2D eigenvalue weighted by Gasteiger charge is 2.22. The lowest BCUT2D eigenvalue weighted by molar-refractivity contribution is -0.122. The van der Waals surface area contributed by atoms with Crippen molar-refractivity contribution in [2.75, 3.05) is 6.61 Å². The minimum absolute atomic E-state index is 0.0743. The molecule has 1 aromatic carbocycles. The number of carbonyl (C=O) groups is 1. The molecule has 1 aromatic heterocycles. The van der Waals surface area contributed by atoms with E-state index in [1.54, 1.807) is 37.4 Å². The highest BCUT2D eigenvalue weighted by Crippen LogP contribution is 2.30. The summed E-state index contributed by atoms with van der Waals surface area (Å²) in [6.45, 7) is 2.24. The van der Waals surface area contributed by atoms with Gasteiger partial charge < -0.3 is 14.6 Å². The number of hydrogen-bond acceptors (Lipinski definition) is 3. The Balaban J connectivity index is 1.59. The Morgan fingerprint density at radius 1 is 1.36 bits per heavy atom. The van der Waals surface area contributed by atoms with E-state index in [-0.39, 0.29) is 29.8 Å². The summed E-state index contributed by atoms with van der Waals surface area (Å²) >= 11 is 0. The van der Waals surface area contributed by atoms with Crippen LogP contribution >= 0.6 is 0 Å². The third kappa shape index (κ3) is 4.68. The molecule has 0 bridgehead atoms. The number of nitrogens with zero attached hydrogens (tertiary/aromatic N) is 1. The van der Waals surface area contributed by atoms with Crippen LogP contribution in [0.5, 0.6) is 5.75 Å². The number of rotatable bonds is 7. The fourth-order valence-electron chi connectivity index (χ4n) is 2.51. The van der Waals surface area contributed by atoms with Crippen LogP contribution in [0.25, 0.3) is 0 Å². The van der Waals surface area contributed by atoms with Gasteiger partial charge in [0.25, 0.3) is 5.56 Å². The Bertz CT molecular complexity index is 814. The van der Waals surface area contributed by atoms with Crippen LogP contribution in [-0.2, 0) is 11.3 Å². The van der Waals surface area contributed by atoms with Crippen molar-refractivity contribution in [3.05, 3.63) is 64.3 Å². The van der Waals surface area contributed by atoms with Gasteiger partial charge in [0, 0.05) is 12.3 Å². The molecule has 2 aromatic rings. The van der Waals surface area contributed by atoms with Gasteiger partial charge in [0.1, 0.15) is 6.54 Å². The first-order valence-electron chi connectivity index (χ1n) is 8.40. The first-order valence-corrected chi connectivity index (χ1v) is 8.40. The molecule has 1 aliphatic carbocycles. The molecular formula is C19H21FN2O3. The zero-order chi connectivity index (χ0) is 17.8. The highest BCUT2D eigenvalue weighted by atomic mass is 19.1. The molecule has 132 valence electrons. The van der Waals surface area contributed by atoms with Crippen molar-refractivity contribution in [1.29, 1.82) is 0 Å². The van der Waals surface area contributed by atoms with Crippen molar-refractivity contribution in [2.45, 2.75) is 32.4 Å². The lowest BCUT2D eigenvalue weighted by atomic mass is 10.1. The van der Waals surface area contributed by atoms with Crippen molar-refractivity contribution < 1.29 is 13.9 Å². The molecule has 1 aliphatic rings. The summed E-state index contributed by atoms with van der Waals surface area (Å²) in [5, 5.41) is 2.77. The molecule has 3 rings (SSSR count). The predicted molar refractivity (Wildman–Crippen MR) is 91.9 cm³/mol. The van der Waals surface area contributed by atoms with Crippen molar-refractivity contribution in [1.82, 2.24) is 9.88 Å². The van der Waals surface area contributed by atoms with Gasteiger partial charge in [-0.25, -0.2) is 4.39 Å². The van der Waals surface area contributed by atoms with Gasteiger partial charge in [-0.05, 0) is 49.4 Å². The number of carbonyl (C=O) groups excluding carboxylic acids is 1. The monoisotopic (exact) mass is 344 g/mol. The number of benzene rings is 1. The zero-order valence-corrected chi connectivity index (χ0v) is 14.1. The van der Waals surface area contributed by atoms with Crippen LogP contribution in [0.2, 0.25) is 0 Å². The Labute approximate surface area is 145 Å². The maximum absolute atomic E-state index is 14.1. The second-order valence-corrected chi connectivity index (χ2v) is 6.40. The number of amides is 1. The Kier molecular flexibility index (Phi) is 5.16. The summed E-state index contributed by atoms with van der Waals surface area (Å²) in [6.07, 6.45) is 3.85.